The number of nitrogens with one attached hydrogen (secondary N) is 2. The minimum absolute atomic E-state index is 0.00700. The summed E-state index contributed by atoms with van der Waals surface area (Å²) in [5, 5.41) is 17.0. The summed E-state index contributed by atoms with van der Waals surface area (Å²) in [6.07, 6.45) is 7.30. The molecular weight excluding hydrogens is 929 g/mol. The van der Waals surface area contributed by atoms with Gasteiger partial charge in [0.2, 0.25) is 15.7 Å². The van der Waals surface area contributed by atoms with Crippen LogP contribution in [-0.2, 0) is 24.0 Å². The summed E-state index contributed by atoms with van der Waals surface area (Å²) < 4.78 is 62.4. The molecule has 5 fully saturated rings. The molecule has 1 saturated carbocycles. The van der Waals surface area contributed by atoms with Gasteiger partial charge in [0.25, 0.3) is 11.6 Å². The zero-order valence-corrected chi connectivity index (χ0v) is 40.8. The number of carbonyl (C=O) groups is 1. The minimum Gasteiger partial charge on any atom is -0.489 e. The van der Waals surface area contributed by atoms with Crippen LogP contribution in [0.2, 0.25) is 0 Å². The third kappa shape index (κ3) is 7.95. The topological polar surface area (TPSA) is 217 Å². The Morgan fingerprint density at radius 1 is 0.944 bits per heavy atom. The molecule has 0 bridgehead atoms. The molecule has 0 unspecified atom stereocenters. The fourth-order valence-electron chi connectivity index (χ4n) is 12.7. The molecule has 374 valence electrons. The standard InChI is InChI=1S/C52H60N8O10S/c1-30(2)34-6-3-4-7-35(34)38-8-5-16-58(38)32-25-52(26-32)13-17-57(18-14-52)40-10-9-36(49(53)61)47(59-39-12-19-66-29-45(39)70-51-42(59)22-31-11-15-54-50(31)56-51)48(40)71(64,65)33-23-41(60(62)63)46-43(24-33)69-27-37(55-46)44-28-67-20-21-68-44/h3-4,6-7,9-11,15,22-24,30,32,37-39,44-45,55H,5,8,12-14,16-21,25-29H2,1-2H3,(H2,53,61)(H,54,56)/t37-,38-,39-,44+,45-/m0/s1. The number of hydrogen-bond donors (Lipinski definition) is 3. The molecule has 1 amide bonds. The van der Waals surface area contributed by atoms with Gasteiger partial charge in [0.15, 0.2) is 11.4 Å². The van der Waals surface area contributed by atoms with Gasteiger partial charge in [-0.3, -0.25) is 19.8 Å². The Balaban J connectivity index is 0.949. The number of carbonyl (C=O) groups excluding carboxylic acids is 1. The normalized spacial score (nSPS) is 25.4. The second-order valence-corrected chi connectivity index (χ2v) is 22.6. The highest BCUT2D eigenvalue weighted by Gasteiger charge is 2.51. The average molecular weight is 989 g/mol. The number of aromatic amines is 1. The fourth-order valence-corrected chi connectivity index (χ4v) is 14.4. The van der Waals surface area contributed by atoms with E-state index in [0.29, 0.717) is 74.4 Å². The molecule has 2 aromatic heterocycles. The molecule has 5 atom stereocenters. The van der Waals surface area contributed by atoms with Gasteiger partial charge in [0.1, 0.15) is 35.0 Å². The summed E-state index contributed by atoms with van der Waals surface area (Å²) in [5.74, 6) is -0.159. The second-order valence-electron chi connectivity index (χ2n) is 20.7. The number of nitrogens with zero attached hydrogens (tertiary/aromatic N) is 5. The number of benzene rings is 3. The van der Waals surface area contributed by atoms with E-state index in [4.69, 9.17) is 34.4 Å². The van der Waals surface area contributed by atoms with E-state index in [-0.39, 0.29) is 63.6 Å². The number of aromatic nitrogens is 2. The fraction of sp³-hybridized carbons (Fsp3) is 0.500. The number of nitro groups is 1. The van der Waals surface area contributed by atoms with Crippen molar-refractivity contribution >= 4 is 55.2 Å². The number of likely N-dealkylation sites (tertiary alicyclic amines) is 1. The Hall–Kier alpha value is -5.99. The van der Waals surface area contributed by atoms with E-state index in [9.17, 15) is 14.9 Å². The van der Waals surface area contributed by atoms with Gasteiger partial charge >= 0.3 is 0 Å². The monoisotopic (exact) mass is 988 g/mol. The predicted molar refractivity (Wildman–Crippen MR) is 265 cm³/mol. The van der Waals surface area contributed by atoms with Crippen LogP contribution in [0.25, 0.3) is 11.0 Å². The third-order valence-electron chi connectivity index (χ3n) is 16.3. The highest BCUT2D eigenvalue weighted by Crippen LogP contribution is 2.56. The number of pyridine rings is 1. The van der Waals surface area contributed by atoms with Crippen molar-refractivity contribution in [2.24, 2.45) is 11.1 Å². The van der Waals surface area contributed by atoms with Crippen LogP contribution < -0.4 is 30.3 Å². The maximum atomic E-state index is 16.1. The van der Waals surface area contributed by atoms with E-state index in [0.717, 1.165) is 50.1 Å². The van der Waals surface area contributed by atoms with Gasteiger partial charge in [-0.05, 0) is 98.2 Å². The van der Waals surface area contributed by atoms with Crippen LogP contribution in [0.5, 0.6) is 11.6 Å². The van der Waals surface area contributed by atoms with Gasteiger partial charge in [-0.1, -0.05) is 38.1 Å². The van der Waals surface area contributed by atoms with Crippen LogP contribution >= 0.6 is 0 Å². The van der Waals surface area contributed by atoms with Crippen molar-refractivity contribution in [2.45, 2.75) is 111 Å². The van der Waals surface area contributed by atoms with E-state index >= 15 is 8.42 Å². The van der Waals surface area contributed by atoms with Crippen LogP contribution in [0.1, 0.15) is 92.2 Å². The first-order valence-corrected chi connectivity index (χ1v) is 26.6. The molecule has 3 aromatic carbocycles. The minimum atomic E-state index is -4.79. The number of nitrogens with two attached hydrogens (primary N) is 1. The van der Waals surface area contributed by atoms with E-state index in [1.54, 1.807) is 18.3 Å². The maximum absolute atomic E-state index is 16.1. The Labute approximate surface area is 412 Å². The molecule has 71 heavy (non-hydrogen) atoms. The number of anilines is 4. The van der Waals surface area contributed by atoms with Crippen LogP contribution in [0.15, 0.2) is 76.7 Å². The SMILES string of the molecule is CC(C)c1ccccc1[C@@H]1CCCN1C1CC2(CCN(c3ccc(C(N)=O)c(N4c5cc6cc[nH]c6nc5O[C@H]5COCC[C@@H]54)c3S(=O)(=O)c3cc4c(c([N+](=O)[O-])c3)N[C@H]([C@H]3COCCO3)CO4)CC2)C1. The van der Waals surface area contributed by atoms with Gasteiger partial charge in [-0.25, -0.2) is 8.42 Å². The first-order valence-electron chi connectivity index (χ1n) is 25.1. The number of nitro benzene ring substituents is 1. The van der Waals surface area contributed by atoms with Crippen molar-refractivity contribution in [3.63, 3.8) is 0 Å². The molecular formula is C52H60N8O10S. The van der Waals surface area contributed by atoms with Gasteiger partial charge in [-0.2, -0.15) is 4.98 Å². The molecule has 18 nitrogen and oxygen atoms in total. The van der Waals surface area contributed by atoms with Crippen LogP contribution in [0.3, 0.4) is 0 Å². The van der Waals surface area contributed by atoms with Crippen molar-refractivity contribution in [3.05, 3.63) is 93.7 Å². The molecule has 7 aliphatic rings. The lowest BCUT2D eigenvalue weighted by molar-refractivity contribution is -0.384. The predicted octanol–water partition coefficient (Wildman–Crippen LogP) is 7.39. The zero-order chi connectivity index (χ0) is 48.8. The highest BCUT2D eigenvalue weighted by atomic mass is 32.2. The summed E-state index contributed by atoms with van der Waals surface area (Å²) >= 11 is 0. The first-order chi connectivity index (χ1) is 34.4. The molecule has 0 radical (unpaired) electrons. The van der Waals surface area contributed by atoms with Crippen molar-refractivity contribution in [1.29, 1.82) is 0 Å². The van der Waals surface area contributed by atoms with E-state index in [2.05, 4.69) is 58.2 Å². The van der Waals surface area contributed by atoms with Gasteiger partial charge in [-0.15, -0.1) is 0 Å². The molecule has 5 aromatic rings. The van der Waals surface area contributed by atoms with E-state index in [1.165, 1.54) is 23.6 Å². The van der Waals surface area contributed by atoms with E-state index in [1.807, 2.05) is 17.0 Å². The molecule has 6 aliphatic heterocycles. The lowest BCUT2D eigenvalue weighted by Gasteiger charge is -2.56. The number of fused-ring (bicyclic) bond motifs is 4. The number of amides is 1. The van der Waals surface area contributed by atoms with Crippen LogP contribution in [0.4, 0.5) is 28.4 Å². The van der Waals surface area contributed by atoms with Gasteiger partial charge in [0.05, 0.1) is 65.3 Å². The molecule has 1 spiro atoms. The number of primary amides is 1. The average Bonchev–Trinajstić information content (AvgIpc) is 4.06. The Kier molecular flexibility index (Phi) is 11.7. The summed E-state index contributed by atoms with van der Waals surface area (Å²) in [5.41, 5.74) is 10.3. The number of piperidine rings is 1. The van der Waals surface area contributed by atoms with Gasteiger partial charge < -0.3 is 49.5 Å². The smallest absolute Gasteiger partial charge is 0.297 e. The summed E-state index contributed by atoms with van der Waals surface area (Å²) in [6.45, 7) is 8.39. The van der Waals surface area contributed by atoms with Crippen molar-refractivity contribution in [1.82, 2.24) is 14.9 Å². The maximum Gasteiger partial charge on any atom is 0.297 e. The summed E-state index contributed by atoms with van der Waals surface area (Å²) in [4.78, 5) is 40.4. The quantitative estimate of drug-likeness (QED) is 0.0919. The Morgan fingerprint density at radius 2 is 1.75 bits per heavy atom. The summed E-state index contributed by atoms with van der Waals surface area (Å²) in [6, 6.07) is 18.2. The number of hydrogen-bond acceptors (Lipinski definition) is 15. The molecule has 12 rings (SSSR count). The highest BCUT2D eigenvalue weighted by molar-refractivity contribution is 7.91. The van der Waals surface area contributed by atoms with Gasteiger partial charge in [0, 0.05) is 55.5 Å². The molecule has 1 aliphatic carbocycles. The lowest BCUT2D eigenvalue weighted by atomic mass is 9.59. The molecule has 19 heteroatoms. The first kappa shape index (κ1) is 46.1. The van der Waals surface area contributed by atoms with Crippen molar-refractivity contribution in [3.8, 4) is 11.6 Å². The lowest BCUT2D eigenvalue weighted by Crippen LogP contribution is -2.55. The Bertz CT molecular complexity index is 3020. The number of sulfone groups is 1. The van der Waals surface area contributed by atoms with Crippen LogP contribution in [0, 0.1) is 15.5 Å². The summed E-state index contributed by atoms with van der Waals surface area (Å²) in [7, 11) is -4.79. The second kappa shape index (κ2) is 17.9. The van der Waals surface area contributed by atoms with E-state index < -0.39 is 50.6 Å². The molecule has 8 heterocycles. The number of ether oxygens (including phenoxy) is 5. The largest absolute Gasteiger partial charge is 0.489 e. The molecule has 4 saturated heterocycles. The van der Waals surface area contributed by atoms with Crippen LogP contribution in [-0.4, -0.2) is 124 Å². The van der Waals surface area contributed by atoms with Crippen molar-refractivity contribution < 1.29 is 41.8 Å². The van der Waals surface area contributed by atoms with Crippen molar-refractivity contribution in [2.75, 3.05) is 74.4 Å². The Morgan fingerprint density at radius 3 is 2.52 bits per heavy atom. The number of rotatable bonds is 10. The molecule has 4 N–H and O–H groups in total. The third-order valence-corrected chi connectivity index (χ3v) is 18.1. The zero-order valence-electron chi connectivity index (χ0n) is 40.0. The number of H-pyrrole nitrogens is 1.